The van der Waals surface area contributed by atoms with E-state index in [0.717, 1.165) is 6.42 Å². The van der Waals surface area contributed by atoms with E-state index >= 15 is 0 Å². The molecule has 6 nitrogen and oxygen atoms in total. The molecule has 3 N–H and O–H groups in total. The number of hydrogen-bond donors (Lipinski definition) is 3. The highest BCUT2D eigenvalue weighted by Gasteiger charge is 2.45. The summed E-state index contributed by atoms with van der Waals surface area (Å²) < 4.78 is 4.71. The molecule has 0 aromatic rings. The summed E-state index contributed by atoms with van der Waals surface area (Å²) in [5, 5.41) is 13.8. The summed E-state index contributed by atoms with van der Waals surface area (Å²) in [4.78, 5) is 22.2. The summed E-state index contributed by atoms with van der Waals surface area (Å²) in [5.74, 6) is -0.618. The van der Waals surface area contributed by atoms with Gasteiger partial charge in [-0.1, -0.05) is 13.8 Å². The molecule has 0 radical (unpaired) electrons. The van der Waals surface area contributed by atoms with Gasteiger partial charge in [-0.3, -0.25) is 0 Å². The Morgan fingerprint density at radius 2 is 2.12 bits per heavy atom. The minimum absolute atomic E-state index is 0.0440. The second-order valence-corrected chi connectivity index (χ2v) is 5.09. The molecule has 0 aromatic heterocycles. The van der Waals surface area contributed by atoms with Gasteiger partial charge in [0, 0.05) is 13.7 Å². The van der Waals surface area contributed by atoms with Crippen molar-refractivity contribution < 1.29 is 19.4 Å². The number of aliphatic carboxylic acids is 1. The van der Waals surface area contributed by atoms with Crippen LogP contribution in [0.1, 0.15) is 20.3 Å². The number of urea groups is 1. The maximum Gasteiger partial charge on any atom is 0.328 e. The molecule has 1 rings (SSSR count). The molecule has 17 heavy (non-hydrogen) atoms. The zero-order valence-electron chi connectivity index (χ0n) is 10.4. The molecule has 0 saturated heterocycles. The summed E-state index contributed by atoms with van der Waals surface area (Å²) in [6.07, 6.45) is 1.09. The lowest BCUT2D eigenvalue weighted by Crippen LogP contribution is -2.48. The Hall–Kier alpha value is -1.30. The third-order valence-corrected chi connectivity index (χ3v) is 3.16. The van der Waals surface area contributed by atoms with E-state index in [4.69, 9.17) is 9.84 Å². The van der Waals surface area contributed by atoms with Gasteiger partial charge in [0.2, 0.25) is 0 Å². The molecular weight excluding hydrogens is 224 g/mol. The number of amides is 2. The molecule has 0 bridgehead atoms. The first-order valence-corrected chi connectivity index (χ1v) is 5.63. The molecular formula is C11H20N2O4. The molecule has 0 aliphatic heterocycles. The number of methoxy groups -OCH3 is 1. The molecule has 1 aliphatic carbocycles. The summed E-state index contributed by atoms with van der Waals surface area (Å²) >= 11 is 0. The SMILES string of the molecule is COCC(NC(=O)NCC1CC1(C)C)C(=O)O. The van der Waals surface area contributed by atoms with Crippen LogP contribution in [0.4, 0.5) is 4.79 Å². The van der Waals surface area contributed by atoms with Gasteiger partial charge in [-0.25, -0.2) is 9.59 Å². The van der Waals surface area contributed by atoms with Crippen molar-refractivity contribution in [1.29, 1.82) is 0 Å². The van der Waals surface area contributed by atoms with Crippen molar-refractivity contribution in [2.75, 3.05) is 20.3 Å². The molecule has 0 spiro atoms. The van der Waals surface area contributed by atoms with Crippen LogP contribution in [0.5, 0.6) is 0 Å². The van der Waals surface area contributed by atoms with E-state index in [1.165, 1.54) is 7.11 Å². The molecule has 2 atom stereocenters. The number of carboxylic acid groups (broad SMARTS) is 1. The van der Waals surface area contributed by atoms with Crippen LogP contribution >= 0.6 is 0 Å². The maximum absolute atomic E-state index is 11.4. The fourth-order valence-corrected chi connectivity index (χ4v) is 1.69. The standard InChI is InChI=1S/C11H20N2O4/c1-11(2)4-7(11)5-12-10(16)13-8(6-17-3)9(14)15/h7-8H,4-6H2,1-3H3,(H,14,15)(H2,12,13,16). The molecule has 0 aromatic carbocycles. The van der Waals surface area contributed by atoms with Gasteiger partial charge in [0.1, 0.15) is 0 Å². The molecule has 2 unspecified atom stereocenters. The third kappa shape index (κ3) is 4.22. The van der Waals surface area contributed by atoms with Gasteiger partial charge in [-0.05, 0) is 17.8 Å². The van der Waals surface area contributed by atoms with Crippen LogP contribution < -0.4 is 10.6 Å². The summed E-state index contributed by atoms with van der Waals surface area (Å²) in [6, 6.07) is -1.47. The Bertz CT molecular complexity index is 304. The minimum Gasteiger partial charge on any atom is -0.480 e. The van der Waals surface area contributed by atoms with E-state index < -0.39 is 18.0 Å². The molecule has 1 aliphatic rings. The van der Waals surface area contributed by atoms with Crippen molar-refractivity contribution in [3.05, 3.63) is 0 Å². The smallest absolute Gasteiger partial charge is 0.328 e. The second kappa shape index (κ2) is 5.35. The summed E-state index contributed by atoms with van der Waals surface area (Å²) in [7, 11) is 1.39. The maximum atomic E-state index is 11.4. The topological polar surface area (TPSA) is 87.7 Å². The lowest BCUT2D eigenvalue weighted by atomic mass is 10.1. The second-order valence-electron chi connectivity index (χ2n) is 5.09. The molecule has 1 saturated carbocycles. The normalized spacial score (nSPS) is 22.6. The summed E-state index contributed by atoms with van der Waals surface area (Å²) in [6.45, 7) is 4.82. The molecule has 1 fully saturated rings. The average Bonchev–Trinajstić information content (AvgIpc) is 2.83. The minimum atomic E-state index is -1.10. The number of carbonyl (C=O) groups excluding carboxylic acids is 1. The van der Waals surface area contributed by atoms with Crippen molar-refractivity contribution in [2.45, 2.75) is 26.3 Å². The zero-order chi connectivity index (χ0) is 13.1. The van der Waals surface area contributed by atoms with Crippen molar-refractivity contribution in [2.24, 2.45) is 11.3 Å². The fourth-order valence-electron chi connectivity index (χ4n) is 1.69. The Morgan fingerprint density at radius 1 is 1.53 bits per heavy atom. The first kappa shape index (κ1) is 13.8. The van der Waals surface area contributed by atoms with Crippen molar-refractivity contribution >= 4 is 12.0 Å². The van der Waals surface area contributed by atoms with E-state index in [1.807, 2.05) is 0 Å². The molecule has 0 heterocycles. The van der Waals surface area contributed by atoms with Crippen LogP contribution in [0.25, 0.3) is 0 Å². The number of nitrogens with one attached hydrogen (secondary N) is 2. The van der Waals surface area contributed by atoms with Crippen molar-refractivity contribution in [3.8, 4) is 0 Å². The number of carboxylic acids is 1. The van der Waals surface area contributed by atoms with Gasteiger partial charge in [0.15, 0.2) is 6.04 Å². The Labute approximate surface area is 101 Å². The van der Waals surface area contributed by atoms with Crippen LogP contribution in [0, 0.1) is 11.3 Å². The Morgan fingerprint density at radius 3 is 2.53 bits per heavy atom. The zero-order valence-corrected chi connectivity index (χ0v) is 10.4. The van der Waals surface area contributed by atoms with Gasteiger partial charge >= 0.3 is 12.0 Å². The van der Waals surface area contributed by atoms with Gasteiger partial charge in [0.05, 0.1) is 6.61 Å². The van der Waals surface area contributed by atoms with Crippen molar-refractivity contribution in [3.63, 3.8) is 0 Å². The molecule has 98 valence electrons. The number of ether oxygens (including phenoxy) is 1. The van der Waals surface area contributed by atoms with Crippen LogP contribution in [-0.4, -0.2) is 43.4 Å². The van der Waals surface area contributed by atoms with Crippen LogP contribution in [-0.2, 0) is 9.53 Å². The van der Waals surface area contributed by atoms with E-state index in [2.05, 4.69) is 24.5 Å². The number of carbonyl (C=O) groups is 2. The predicted octanol–water partition coefficient (Wildman–Crippen LogP) is 0.431. The molecule has 6 heteroatoms. The van der Waals surface area contributed by atoms with Gasteiger partial charge in [-0.15, -0.1) is 0 Å². The number of rotatable bonds is 6. The van der Waals surface area contributed by atoms with Gasteiger partial charge in [0.25, 0.3) is 0 Å². The van der Waals surface area contributed by atoms with E-state index in [-0.39, 0.29) is 6.61 Å². The lowest BCUT2D eigenvalue weighted by molar-refractivity contribution is -0.140. The first-order chi connectivity index (χ1) is 7.86. The highest BCUT2D eigenvalue weighted by molar-refractivity contribution is 5.82. The van der Waals surface area contributed by atoms with Gasteiger partial charge < -0.3 is 20.5 Å². The average molecular weight is 244 g/mol. The largest absolute Gasteiger partial charge is 0.480 e. The van der Waals surface area contributed by atoms with Crippen molar-refractivity contribution in [1.82, 2.24) is 10.6 Å². The quantitative estimate of drug-likeness (QED) is 0.632. The third-order valence-electron chi connectivity index (χ3n) is 3.16. The van der Waals surface area contributed by atoms with Gasteiger partial charge in [-0.2, -0.15) is 0 Å². The Kier molecular flexibility index (Phi) is 4.34. The van der Waals surface area contributed by atoms with E-state index in [0.29, 0.717) is 17.9 Å². The number of hydrogen-bond acceptors (Lipinski definition) is 3. The van der Waals surface area contributed by atoms with Crippen LogP contribution in [0.15, 0.2) is 0 Å². The van der Waals surface area contributed by atoms with Crippen LogP contribution in [0.3, 0.4) is 0 Å². The Balaban J connectivity index is 2.25. The van der Waals surface area contributed by atoms with E-state index in [9.17, 15) is 9.59 Å². The fraction of sp³-hybridized carbons (Fsp3) is 0.818. The highest BCUT2D eigenvalue weighted by atomic mass is 16.5. The monoisotopic (exact) mass is 244 g/mol. The lowest BCUT2D eigenvalue weighted by Gasteiger charge is -2.14. The van der Waals surface area contributed by atoms with E-state index in [1.54, 1.807) is 0 Å². The first-order valence-electron chi connectivity index (χ1n) is 5.63. The summed E-state index contributed by atoms with van der Waals surface area (Å²) in [5.41, 5.74) is 0.298. The highest BCUT2D eigenvalue weighted by Crippen LogP contribution is 2.50. The van der Waals surface area contributed by atoms with Crippen LogP contribution in [0.2, 0.25) is 0 Å². The molecule has 2 amide bonds. The predicted molar refractivity (Wildman–Crippen MR) is 61.7 cm³/mol.